The van der Waals surface area contributed by atoms with Crippen molar-refractivity contribution in [1.29, 1.82) is 0 Å². The van der Waals surface area contributed by atoms with Crippen LogP contribution in [0.25, 0.3) is 6.08 Å². The van der Waals surface area contributed by atoms with Crippen LogP contribution in [0.4, 0.5) is 5.69 Å². The number of amides is 1. The van der Waals surface area contributed by atoms with Gasteiger partial charge in [0.05, 0.1) is 5.69 Å². The van der Waals surface area contributed by atoms with Crippen molar-refractivity contribution in [3.63, 3.8) is 0 Å². The highest BCUT2D eigenvalue weighted by atomic mass is 79.9. The van der Waals surface area contributed by atoms with Gasteiger partial charge in [-0.2, -0.15) is 0 Å². The average molecular weight is 461 g/mol. The van der Waals surface area contributed by atoms with Crippen LogP contribution in [-0.2, 0) is 4.79 Å². The molecule has 2 aliphatic rings. The van der Waals surface area contributed by atoms with Crippen LogP contribution in [-0.4, -0.2) is 18.5 Å². The van der Waals surface area contributed by atoms with E-state index in [4.69, 9.17) is 14.5 Å². The summed E-state index contributed by atoms with van der Waals surface area (Å²) in [7, 11) is 0. The van der Waals surface area contributed by atoms with E-state index in [1.807, 2.05) is 73.7 Å². The number of aryl methyl sites for hydroxylation is 1. The van der Waals surface area contributed by atoms with E-state index in [-0.39, 0.29) is 12.7 Å². The van der Waals surface area contributed by atoms with E-state index in [2.05, 4.69) is 15.9 Å². The molecule has 0 saturated carbocycles. The Hall–Kier alpha value is -3.38. The van der Waals surface area contributed by atoms with Crippen molar-refractivity contribution in [3.05, 3.63) is 93.6 Å². The van der Waals surface area contributed by atoms with E-state index in [1.165, 1.54) is 0 Å². The van der Waals surface area contributed by atoms with Gasteiger partial charge in [0.1, 0.15) is 11.5 Å². The van der Waals surface area contributed by atoms with Crippen molar-refractivity contribution in [2.75, 3.05) is 11.7 Å². The molecule has 0 aromatic heterocycles. The van der Waals surface area contributed by atoms with E-state index in [9.17, 15) is 4.79 Å². The summed E-state index contributed by atoms with van der Waals surface area (Å²) in [5, 5.41) is 0. The Morgan fingerprint density at radius 1 is 1.00 bits per heavy atom. The van der Waals surface area contributed by atoms with Crippen LogP contribution in [0, 0.1) is 6.92 Å². The van der Waals surface area contributed by atoms with Gasteiger partial charge in [-0.25, -0.2) is 4.99 Å². The number of rotatable bonds is 3. The largest absolute Gasteiger partial charge is 0.454 e. The molecule has 0 saturated heterocycles. The quantitative estimate of drug-likeness (QED) is 0.496. The molecule has 0 bridgehead atoms. The van der Waals surface area contributed by atoms with Gasteiger partial charge in [0.2, 0.25) is 6.79 Å². The number of hydrogen-bond donors (Lipinski definition) is 0. The van der Waals surface area contributed by atoms with Crippen LogP contribution in [0.15, 0.2) is 81.9 Å². The monoisotopic (exact) mass is 460 g/mol. The first-order valence-corrected chi connectivity index (χ1v) is 10.3. The van der Waals surface area contributed by atoms with E-state index < -0.39 is 0 Å². The Kier molecular flexibility index (Phi) is 4.64. The van der Waals surface area contributed by atoms with Gasteiger partial charge in [-0.3, -0.25) is 9.69 Å². The molecule has 148 valence electrons. The summed E-state index contributed by atoms with van der Waals surface area (Å²) >= 11 is 3.59. The van der Waals surface area contributed by atoms with Gasteiger partial charge in [0.15, 0.2) is 11.5 Å². The molecule has 0 N–H and O–H groups in total. The maximum atomic E-state index is 13.4. The first-order valence-electron chi connectivity index (χ1n) is 9.46. The Morgan fingerprint density at radius 2 is 1.77 bits per heavy atom. The molecule has 3 aromatic rings. The Morgan fingerprint density at radius 3 is 2.57 bits per heavy atom. The summed E-state index contributed by atoms with van der Waals surface area (Å²) in [4.78, 5) is 19.8. The van der Waals surface area contributed by atoms with Crippen LogP contribution in [0.3, 0.4) is 0 Å². The number of benzene rings is 3. The number of ether oxygens (including phenoxy) is 2. The van der Waals surface area contributed by atoms with Crippen molar-refractivity contribution in [3.8, 4) is 11.5 Å². The summed E-state index contributed by atoms with van der Waals surface area (Å²) < 4.78 is 11.7. The highest BCUT2D eigenvalue weighted by Gasteiger charge is 2.33. The maximum absolute atomic E-state index is 13.4. The number of halogens is 1. The number of carbonyl (C=O) groups is 1. The van der Waals surface area contributed by atoms with Crippen molar-refractivity contribution < 1.29 is 14.3 Å². The van der Waals surface area contributed by atoms with E-state index in [1.54, 1.807) is 11.0 Å². The van der Waals surface area contributed by atoms with Gasteiger partial charge >= 0.3 is 0 Å². The highest BCUT2D eigenvalue weighted by molar-refractivity contribution is 9.10. The SMILES string of the molecule is Cc1ccc(N2C(=O)/C(=C\c3ccc4c(c3)OCO4)N=C2c2ccccc2Br)cc1. The second-order valence-electron chi connectivity index (χ2n) is 7.03. The Balaban J connectivity index is 1.61. The minimum absolute atomic E-state index is 0.178. The number of anilines is 1. The molecule has 2 aliphatic heterocycles. The first kappa shape index (κ1) is 18.6. The van der Waals surface area contributed by atoms with Crippen molar-refractivity contribution in [2.45, 2.75) is 6.92 Å². The molecule has 2 heterocycles. The molecular formula is C24H17BrN2O3. The Bertz CT molecular complexity index is 1220. The summed E-state index contributed by atoms with van der Waals surface area (Å²) in [6, 6.07) is 21.2. The summed E-state index contributed by atoms with van der Waals surface area (Å²) in [6.07, 6.45) is 1.77. The second kappa shape index (κ2) is 7.46. The number of nitrogens with zero attached hydrogens (tertiary/aromatic N) is 2. The highest BCUT2D eigenvalue weighted by Crippen LogP contribution is 2.35. The standard InChI is InChI=1S/C24H17BrN2O3/c1-15-6-9-17(10-7-15)27-23(18-4-2-3-5-19(18)25)26-20(24(27)28)12-16-8-11-21-22(13-16)30-14-29-21/h2-13H,14H2,1H3/b20-12+. The van der Waals surface area contributed by atoms with Gasteiger partial charge in [-0.15, -0.1) is 0 Å². The number of fused-ring (bicyclic) bond motifs is 1. The number of aliphatic imine (C=N–C) groups is 1. The summed E-state index contributed by atoms with van der Waals surface area (Å²) in [5.41, 5.74) is 3.93. The van der Waals surface area contributed by atoms with Gasteiger partial charge in [-0.1, -0.05) is 57.9 Å². The number of carbonyl (C=O) groups excluding carboxylic acids is 1. The van der Waals surface area contributed by atoms with Crippen LogP contribution >= 0.6 is 15.9 Å². The Labute approximate surface area is 182 Å². The molecule has 3 aromatic carbocycles. The second-order valence-corrected chi connectivity index (χ2v) is 7.89. The van der Waals surface area contributed by atoms with Gasteiger partial charge in [0, 0.05) is 10.0 Å². The van der Waals surface area contributed by atoms with Gasteiger partial charge < -0.3 is 9.47 Å². The first-order chi connectivity index (χ1) is 14.6. The van der Waals surface area contributed by atoms with Gasteiger partial charge in [0.25, 0.3) is 5.91 Å². The van der Waals surface area contributed by atoms with Crippen LogP contribution in [0.1, 0.15) is 16.7 Å². The van der Waals surface area contributed by atoms with E-state index in [0.29, 0.717) is 23.0 Å². The van der Waals surface area contributed by atoms with Crippen LogP contribution in [0.2, 0.25) is 0 Å². The van der Waals surface area contributed by atoms with E-state index in [0.717, 1.165) is 26.9 Å². The third-order valence-corrected chi connectivity index (χ3v) is 5.66. The molecule has 0 radical (unpaired) electrons. The molecule has 6 heteroatoms. The normalized spacial score (nSPS) is 16.3. The lowest BCUT2D eigenvalue weighted by atomic mass is 10.1. The molecule has 5 nitrogen and oxygen atoms in total. The smallest absolute Gasteiger partial charge is 0.282 e. The molecule has 0 atom stereocenters. The minimum Gasteiger partial charge on any atom is -0.454 e. The van der Waals surface area contributed by atoms with Crippen LogP contribution < -0.4 is 14.4 Å². The fraction of sp³-hybridized carbons (Fsp3) is 0.0833. The third kappa shape index (κ3) is 3.29. The minimum atomic E-state index is -0.178. The fourth-order valence-electron chi connectivity index (χ4n) is 3.43. The van der Waals surface area contributed by atoms with Crippen molar-refractivity contribution in [1.82, 2.24) is 0 Å². The topological polar surface area (TPSA) is 51.1 Å². The lowest BCUT2D eigenvalue weighted by molar-refractivity contribution is -0.113. The average Bonchev–Trinajstić information content (AvgIpc) is 3.34. The lowest BCUT2D eigenvalue weighted by Gasteiger charge is -2.19. The molecule has 5 rings (SSSR count). The molecular weight excluding hydrogens is 444 g/mol. The van der Waals surface area contributed by atoms with Crippen molar-refractivity contribution in [2.24, 2.45) is 4.99 Å². The van der Waals surface area contributed by atoms with Crippen LogP contribution in [0.5, 0.6) is 11.5 Å². The molecule has 0 unspecified atom stereocenters. The summed E-state index contributed by atoms with van der Waals surface area (Å²) in [5.74, 6) is 1.78. The lowest BCUT2D eigenvalue weighted by Crippen LogP contribution is -2.32. The molecule has 0 spiro atoms. The predicted molar refractivity (Wildman–Crippen MR) is 120 cm³/mol. The summed E-state index contributed by atoms with van der Waals surface area (Å²) in [6.45, 7) is 2.23. The predicted octanol–water partition coefficient (Wildman–Crippen LogP) is 5.32. The zero-order valence-electron chi connectivity index (χ0n) is 16.1. The van der Waals surface area contributed by atoms with E-state index >= 15 is 0 Å². The number of amidine groups is 1. The molecule has 1 amide bonds. The number of hydrogen-bond acceptors (Lipinski definition) is 4. The zero-order valence-corrected chi connectivity index (χ0v) is 17.7. The third-order valence-electron chi connectivity index (χ3n) is 4.97. The molecule has 0 aliphatic carbocycles. The molecule has 30 heavy (non-hydrogen) atoms. The van der Waals surface area contributed by atoms with Crippen molar-refractivity contribution >= 4 is 39.4 Å². The fourth-order valence-corrected chi connectivity index (χ4v) is 3.90. The zero-order chi connectivity index (χ0) is 20.7. The molecule has 0 fully saturated rings. The van der Waals surface area contributed by atoms with Gasteiger partial charge in [-0.05, 0) is 48.9 Å². The maximum Gasteiger partial charge on any atom is 0.282 e.